The van der Waals surface area contributed by atoms with Gasteiger partial charge in [-0.05, 0) is 77.8 Å². The number of hydrogen-bond donors (Lipinski definition) is 1. The van der Waals surface area contributed by atoms with Crippen LogP contribution in [0.2, 0.25) is 0 Å². The van der Waals surface area contributed by atoms with Crippen LogP contribution in [0.25, 0.3) is 11.3 Å². The van der Waals surface area contributed by atoms with Crippen LogP contribution < -0.4 is 15.0 Å². The Morgan fingerprint density at radius 3 is 2.39 bits per heavy atom. The number of thiazole rings is 1. The summed E-state index contributed by atoms with van der Waals surface area (Å²) in [4.78, 5) is 33.8. The van der Waals surface area contributed by atoms with Crippen molar-refractivity contribution < 1.29 is 14.3 Å². The molecule has 0 saturated heterocycles. The Morgan fingerprint density at radius 2 is 1.79 bits per heavy atom. The molecule has 6 nitrogen and oxygen atoms in total. The molecule has 0 radical (unpaired) electrons. The highest BCUT2D eigenvalue weighted by Crippen LogP contribution is 2.40. The predicted octanol–water partition coefficient (Wildman–Crippen LogP) is 5.49. The highest BCUT2D eigenvalue weighted by Gasteiger charge is 2.37. The van der Waals surface area contributed by atoms with Gasteiger partial charge in [-0.25, -0.2) is 4.98 Å². The number of fused-ring (bicyclic) bond motifs is 1. The van der Waals surface area contributed by atoms with Gasteiger partial charge in [-0.15, -0.1) is 11.3 Å². The fraction of sp³-hybridized carbons (Fsp3) is 0.346. The smallest absolute Gasteiger partial charge is 0.268 e. The number of ether oxygens (including phenoxy) is 1. The maximum absolute atomic E-state index is 13.3. The van der Waals surface area contributed by atoms with Gasteiger partial charge < -0.3 is 10.1 Å². The minimum absolute atomic E-state index is 0.245. The number of benzene rings is 2. The molecular weight excluding hydrogens is 434 g/mol. The van der Waals surface area contributed by atoms with E-state index in [4.69, 9.17) is 4.74 Å². The average Bonchev–Trinajstić information content (AvgIpc) is 3.08. The van der Waals surface area contributed by atoms with Gasteiger partial charge in [0.25, 0.3) is 5.91 Å². The van der Waals surface area contributed by atoms with E-state index in [0.717, 1.165) is 43.5 Å². The average molecular weight is 464 g/mol. The number of nitrogens with one attached hydrogen (secondary N) is 1. The van der Waals surface area contributed by atoms with E-state index in [-0.39, 0.29) is 11.8 Å². The third-order valence-corrected chi connectivity index (χ3v) is 6.86. The number of amides is 2. The summed E-state index contributed by atoms with van der Waals surface area (Å²) in [5.41, 5.74) is 6.27. The van der Waals surface area contributed by atoms with E-state index in [1.54, 1.807) is 30.1 Å². The molecule has 3 aromatic rings. The molecule has 1 aliphatic rings. The topological polar surface area (TPSA) is 71.5 Å². The van der Waals surface area contributed by atoms with Crippen molar-refractivity contribution in [1.82, 2.24) is 4.98 Å². The number of anilines is 2. The van der Waals surface area contributed by atoms with Crippen molar-refractivity contribution in [3.8, 4) is 17.0 Å². The van der Waals surface area contributed by atoms with Gasteiger partial charge in [0.1, 0.15) is 11.8 Å². The van der Waals surface area contributed by atoms with E-state index in [0.29, 0.717) is 11.4 Å². The lowest BCUT2D eigenvalue weighted by Crippen LogP contribution is -2.52. The van der Waals surface area contributed by atoms with Crippen molar-refractivity contribution in [2.45, 2.75) is 60.6 Å². The first-order chi connectivity index (χ1) is 15.6. The number of hydrogen-bond acceptors (Lipinski definition) is 5. The van der Waals surface area contributed by atoms with Crippen LogP contribution in [0.5, 0.6) is 5.75 Å². The van der Waals surface area contributed by atoms with E-state index < -0.39 is 12.1 Å². The minimum Gasteiger partial charge on any atom is -0.479 e. The zero-order chi connectivity index (χ0) is 24.0. The first-order valence-electron chi connectivity index (χ1n) is 11.0. The van der Waals surface area contributed by atoms with E-state index >= 15 is 0 Å². The maximum atomic E-state index is 13.3. The lowest BCUT2D eigenvalue weighted by Gasteiger charge is -2.36. The minimum atomic E-state index is -0.726. The van der Waals surface area contributed by atoms with Crippen molar-refractivity contribution in [3.05, 3.63) is 56.9 Å². The van der Waals surface area contributed by atoms with Gasteiger partial charge in [0, 0.05) is 16.1 Å². The molecule has 2 heterocycles. The molecule has 172 valence electrons. The number of aromatic nitrogens is 1. The predicted molar refractivity (Wildman–Crippen MR) is 133 cm³/mol. The summed E-state index contributed by atoms with van der Waals surface area (Å²) < 4.78 is 5.86. The first-order valence-corrected chi connectivity index (χ1v) is 11.9. The lowest BCUT2D eigenvalue weighted by molar-refractivity contribution is -0.128. The number of carbonyl (C=O) groups excluding carboxylic acids is 2. The lowest BCUT2D eigenvalue weighted by atomic mass is 10.0. The maximum Gasteiger partial charge on any atom is 0.268 e. The van der Waals surface area contributed by atoms with Crippen LogP contribution in [0.15, 0.2) is 30.3 Å². The molecule has 0 bridgehead atoms. The zero-order valence-corrected chi connectivity index (χ0v) is 20.9. The molecule has 2 unspecified atom stereocenters. The molecule has 0 saturated carbocycles. The summed E-state index contributed by atoms with van der Waals surface area (Å²) >= 11 is 1.63. The van der Waals surface area contributed by atoms with E-state index in [2.05, 4.69) is 10.3 Å². The fourth-order valence-electron chi connectivity index (χ4n) is 4.43. The van der Waals surface area contributed by atoms with Gasteiger partial charge in [-0.1, -0.05) is 17.7 Å². The summed E-state index contributed by atoms with van der Waals surface area (Å²) in [6, 6.07) is 9.05. The van der Waals surface area contributed by atoms with Gasteiger partial charge in [0.15, 0.2) is 6.10 Å². The Labute approximate surface area is 198 Å². The highest BCUT2D eigenvalue weighted by molar-refractivity contribution is 7.11. The van der Waals surface area contributed by atoms with Gasteiger partial charge in [0.2, 0.25) is 5.91 Å². The van der Waals surface area contributed by atoms with Crippen LogP contribution in [0.1, 0.15) is 40.4 Å². The Bertz CT molecular complexity index is 1240. The van der Waals surface area contributed by atoms with Gasteiger partial charge in [-0.3, -0.25) is 14.5 Å². The standard InChI is InChI=1S/C26H29N3O3S/c1-13-10-14(2)23(15(3)11-13)28-25(30)16(4)29-21-12-20(24-18(6)33-19(7)27-24)8-9-22(21)32-17(5)26(29)31/h8-12,16-17H,1-7H3,(H,28,30). The van der Waals surface area contributed by atoms with Crippen LogP contribution in [0, 0.1) is 34.6 Å². The quantitative estimate of drug-likeness (QED) is 0.555. The molecule has 1 aliphatic heterocycles. The van der Waals surface area contributed by atoms with E-state index in [9.17, 15) is 9.59 Å². The molecule has 0 spiro atoms. The molecule has 4 rings (SSSR count). The van der Waals surface area contributed by atoms with Gasteiger partial charge in [-0.2, -0.15) is 0 Å². The first kappa shape index (κ1) is 23.0. The van der Waals surface area contributed by atoms with Crippen LogP contribution in [-0.4, -0.2) is 28.9 Å². The summed E-state index contributed by atoms with van der Waals surface area (Å²) in [5.74, 6) is 0.0909. The van der Waals surface area contributed by atoms with Crippen molar-refractivity contribution in [3.63, 3.8) is 0 Å². The Kier molecular flexibility index (Phi) is 6.01. The number of aryl methyl sites for hydroxylation is 5. The highest BCUT2D eigenvalue weighted by atomic mass is 32.1. The van der Waals surface area contributed by atoms with Gasteiger partial charge >= 0.3 is 0 Å². The van der Waals surface area contributed by atoms with Crippen LogP contribution in [0.3, 0.4) is 0 Å². The number of carbonyl (C=O) groups is 2. The molecule has 2 atom stereocenters. The van der Waals surface area contributed by atoms with Gasteiger partial charge in [0.05, 0.1) is 16.4 Å². The normalized spacial score (nSPS) is 16.3. The second-order valence-electron chi connectivity index (χ2n) is 8.73. The third kappa shape index (κ3) is 4.25. The zero-order valence-electron chi connectivity index (χ0n) is 20.1. The summed E-state index contributed by atoms with van der Waals surface area (Å²) in [7, 11) is 0. The molecule has 1 N–H and O–H groups in total. The van der Waals surface area contributed by atoms with Crippen molar-refractivity contribution >= 4 is 34.5 Å². The molecule has 7 heteroatoms. The van der Waals surface area contributed by atoms with Crippen molar-refractivity contribution in [2.75, 3.05) is 10.2 Å². The van der Waals surface area contributed by atoms with Crippen molar-refractivity contribution in [2.24, 2.45) is 0 Å². The van der Waals surface area contributed by atoms with E-state index in [1.807, 2.05) is 65.0 Å². The molecule has 1 aromatic heterocycles. The molecule has 0 aliphatic carbocycles. The molecule has 2 aromatic carbocycles. The van der Waals surface area contributed by atoms with E-state index in [1.165, 1.54) is 0 Å². The van der Waals surface area contributed by atoms with Crippen LogP contribution in [-0.2, 0) is 9.59 Å². The molecule has 0 fully saturated rings. The second-order valence-corrected chi connectivity index (χ2v) is 10.1. The molecular formula is C26H29N3O3S. The summed E-state index contributed by atoms with van der Waals surface area (Å²) in [5, 5.41) is 4.02. The Hall–Kier alpha value is -3.19. The number of nitrogens with zero attached hydrogens (tertiary/aromatic N) is 2. The van der Waals surface area contributed by atoms with Crippen LogP contribution >= 0.6 is 11.3 Å². The molecule has 2 amide bonds. The second kappa shape index (κ2) is 8.63. The number of rotatable bonds is 4. The Balaban J connectivity index is 1.71. The fourth-order valence-corrected chi connectivity index (χ4v) is 5.27. The van der Waals surface area contributed by atoms with Crippen molar-refractivity contribution in [1.29, 1.82) is 0 Å². The molecule has 33 heavy (non-hydrogen) atoms. The monoisotopic (exact) mass is 463 g/mol. The Morgan fingerprint density at radius 1 is 1.12 bits per heavy atom. The van der Waals surface area contributed by atoms with Crippen LogP contribution in [0.4, 0.5) is 11.4 Å². The third-order valence-electron chi connectivity index (χ3n) is 5.98. The SMILES string of the molecule is Cc1cc(C)c(NC(=O)C(C)N2C(=O)C(C)Oc3ccc(-c4nc(C)sc4C)cc32)c(C)c1. The largest absolute Gasteiger partial charge is 0.479 e. The summed E-state index contributed by atoms with van der Waals surface area (Å²) in [6.07, 6.45) is -0.676. The summed E-state index contributed by atoms with van der Waals surface area (Å²) in [6.45, 7) is 13.4.